The van der Waals surface area contributed by atoms with Gasteiger partial charge in [-0.25, -0.2) is 9.97 Å². The van der Waals surface area contributed by atoms with Gasteiger partial charge in [-0.05, 0) is 25.5 Å². The van der Waals surface area contributed by atoms with Gasteiger partial charge in [-0.3, -0.25) is 0 Å². The van der Waals surface area contributed by atoms with E-state index < -0.39 is 0 Å². The second kappa shape index (κ2) is 6.86. The van der Waals surface area contributed by atoms with Crippen LogP contribution in [0.2, 0.25) is 0 Å². The minimum Gasteiger partial charge on any atom is -0.330 e. The van der Waals surface area contributed by atoms with Crippen molar-refractivity contribution >= 4 is 11.8 Å². The van der Waals surface area contributed by atoms with Crippen LogP contribution < -0.4 is 5.73 Å². The van der Waals surface area contributed by atoms with Gasteiger partial charge in [0.1, 0.15) is 0 Å². The Morgan fingerprint density at radius 1 is 1.15 bits per heavy atom. The second-order valence-electron chi connectivity index (χ2n) is 2.73. The highest BCUT2D eigenvalue weighted by Gasteiger charge is 1.94. The molecule has 0 saturated heterocycles. The van der Waals surface area contributed by atoms with Gasteiger partial charge in [0.05, 0.1) is 0 Å². The lowest BCUT2D eigenvalue weighted by atomic mass is 10.2. The summed E-state index contributed by atoms with van der Waals surface area (Å²) in [5, 5.41) is 0.871. The molecule has 1 aromatic heterocycles. The Morgan fingerprint density at radius 2 is 1.92 bits per heavy atom. The van der Waals surface area contributed by atoms with Crippen LogP contribution in [0, 0.1) is 0 Å². The Kier molecular flexibility index (Phi) is 5.52. The summed E-state index contributed by atoms with van der Waals surface area (Å²) in [6.45, 7) is 0.798. The van der Waals surface area contributed by atoms with Gasteiger partial charge in [0.25, 0.3) is 0 Å². The SMILES string of the molecule is NCCCCCSc1ncccn1. The summed E-state index contributed by atoms with van der Waals surface area (Å²) in [5.41, 5.74) is 5.39. The minimum atomic E-state index is 0.798. The predicted molar refractivity (Wildman–Crippen MR) is 55.7 cm³/mol. The van der Waals surface area contributed by atoms with Gasteiger partial charge in [-0.2, -0.15) is 0 Å². The molecule has 0 amide bonds. The van der Waals surface area contributed by atoms with Gasteiger partial charge in [0.2, 0.25) is 0 Å². The van der Waals surface area contributed by atoms with E-state index >= 15 is 0 Å². The van der Waals surface area contributed by atoms with Crippen LogP contribution in [0.1, 0.15) is 19.3 Å². The van der Waals surface area contributed by atoms with E-state index in [1.54, 1.807) is 24.2 Å². The van der Waals surface area contributed by atoms with Crippen molar-refractivity contribution in [1.29, 1.82) is 0 Å². The predicted octanol–water partition coefficient (Wildman–Crippen LogP) is 1.70. The van der Waals surface area contributed by atoms with E-state index in [1.807, 2.05) is 6.07 Å². The molecule has 13 heavy (non-hydrogen) atoms. The number of unbranched alkanes of at least 4 members (excludes halogenated alkanes) is 2. The Balaban J connectivity index is 2.07. The first-order chi connectivity index (χ1) is 6.43. The van der Waals surface area contributed by atoms with Crippen molar-refractivity contribution < 1.29 is 0 Å². The van der Waals surface area contributed by atoms with Crippen molar-refractivity contribution in [2.75, 3.05) is 12.3 Å². The lowest BCUT2D eigenvalue weighted by Crippen LogP contribution is -1.98. The van der Waals surface area contributed by atoms with Crippen molar-refractivity contribution in [3.63, 3.8) is 0 Å². The highest BCUT2D eigenvalue weighted by atomic mass is 32.2. The van der Waals surface area contributed by atoms with E-state index in [-0.39, 0.29) is 0 Å². The molecule has 1 rings (SSSR count). The van der Waals surface area contributed by atoms with Crippen LogP contribution in [-0.2, 0) is 0 Å². The smallest absolute Gasteiger partial charge is 0.187 e. The van der Waals surface area contributed by atoms with Gasteiger partial charge in [-0.1, -0.05) is 18.2 Å². The molecule has 4 heteroatoms. The molecule has 0 saturated carbocycles. The standard InChI is InChI=1S/C9H15N3S/c10-5-2-1-3-8-13-9-11-6-4-7-12-9/h4,6-7H,1-3,5,8,10H2. The average molecular weight is 197 g/mol. The lowest BCUT2D eigenvalue weighted by Gasteiger charge is -1.98. The largest absolute Gasteiger partial charge is 0.330 e. The highest BCUT2D eigenvalue weighted by molar-refractivity contribution is 7.99. The van der Waals surface area contributed by atoms with Crippen LogP contribution in [-0.4, -0.2) is 22.3 Å². The van der Waals surface area contributed by atoms with Crippen molar-refractivity contribution in [3.05, 3.63) is 18.5 Å². The van der Waals surface area contributed by atoms with Crippen LogP contribution in [0.25, 0.3) is 0 Å². The summed E-state index contributed by atoms with van der Waals surface area (Å²) in [4.78, 5) is 8.25. The molecule has 0 atom stereocenters. The molecule has 3 nitrogen and oxygen atoms in total. The van der Waals surface area contributed by atoms with Gasteiger partial charge >= 0.3 is 0 Å². The number of rotatable bonds is 6. The van der Waals surface area contributed by atoms with Gasteiger partial charge in [-0.15, -0.1) is 0 Å². The lowest BCUT2D eigenvalue weighted by molar-refractivity contribution is 0.731. The molecule has 0 fully saturated rings. The molecular weight excluding hydrogens is 182 g/mol. The molecule has 72 valence electrons. The van der Waals surface area contributed by atoms with E-state index in [9.17, 15) is 0 Å². The highest BCUT2D eigenvalue weighted by Crippen LogP contribution is 2.13. The third-order valence-corrected chi connectivity index (χ3v) is 2.58. The van der Waals surface area contributed by atoms with Crippen LogP contribution in [0.15, 0.2) is 23.6 Å². The molecular formula is C9H15N3S. The van der Waals surface area contributed by atoms with E-state index in [2.05, 4.69) is 9.97 Å². The molecule has 0 aliphatic carbocycles. The van der Waals surface area contributed by atoms with Crippen molar-refractivity contribution in [3.8, 4) is 0 Å². The minimum absolute atomic E-state index is 0.798. The third-order valence-electron chi connectivity index (χ3n) is 1.62. The molecule has 0 aliphatic heterocycles. The fourth-order valence-electron chi connectivity index (χ4n) is 0.947. The van der Waals surface area contributed by atoms with E-state index in [1.165, 1.54) is 12.8 Å². The molecule has 0 aliphatic rings. The first kappa shape index (κ1) is 10.5. The normalized spacial score (nSPS) is 10.2. The molecule has 0 spiro atoms. The fourth-order valence-corrected chi connectivity index (χ4v) is 1.75. The number of nitrogens with two attached hydrogens (primary N) is 1. The van der Waals surface area contributed by atoms with Gasteiger partial charge in [0.15, 0.2) is 5.16 Å². The summed E-state index contributed by atoms with van der Waals surface area (Å²) < 4.78 is 0. The topological polar surface area (TPSA) is 51.8 Å². The summed E-state index contributed by atoms with van der Waals surface area (Å²) in [6, 6.07) is 1.83. The quantitative estimate of drug-likeness (QED) is 0.428. The number of hydrogen-bond acceptors (Lipinski definition) is 4. The van der Waals surface area contributed by atoms with Crippen molar-refractivity contribution in [2.45, 2.75) is 24.4 Å². The van der Waals surface area contributed by atoms with Crippen LogP contribution in [0.3, 0.4) is 0 Å². The molecule has 0 aromatic carbocycles. The maximum Gasteiger partial charge on any atom is 0.187 e. The molecule has 2 N–H and O–H groups in total. The zero-order chi connectivity index (χ0) is 9.36. The van der Waals surface area contributed by atoms with Crippen LogP contribution >= 0.6 is 11.8 Å². The first-order valence-corrected chi connectivity index (χ1v) is 5.52. The third kappa shape index (κ3) is 4.85. The summed E-state index contributed by atoms with van der Waals surface area (Å²) >= 11 is 1.71. The van der Waals surface area contributed by atoms with E-state index in [0.29, 0.717) is 0 Å². The molecule has 0 unspecified atom stereocenters. The monoisotopic (exact) mass is 197 g/mol. The number of aromatic nitrogens is 2. The Morgan fingerprint density at radius 3 is 2.62 bits per heavy atom. The zero-order valence-electron chi connectivity index (χ0n) is 7.65. The summed E-state index contributed by atoms with van der Waals surface area (Å²) in [7, 11) is 0. The molecule has 1 heterocycles. The van der Waals surface area contributed by atoms with Gasteiger partial charge in [0, 0.05) is 18.1 Å². The van der Waals surface area contributed by atoms with E-state index in [0.717, 1.165) is 23.9 Å². The molecule has 0 radical (unpaired) electrons. The average Bonchev–Trinajstić information content (AvgIpc) is 2.19. The number of hydrogen-bond donors (Lipinski definition) is 1. The second-order valence-corrected chi connectivity index (χ2v) is 3.79. The first-order valence-electron chi connectivity index (χ1n) is 4.53. The Hall–Kier alpha value is -0.610. The van der Waals surface area contributed by atoms with Crippen LogP contribution in [0.4, 0.5) is 0 Å². The zero-order valence-corrected chi connectivity index (χ0v) is 8.46. The van der Waals surface area contributed by atoms with Crippen molar-refractivity contribution in [2.24, 2.45) is 5.73 Å². The Bertz CT molecular complexity index is 215. The molecule has 0 bridgehead atoms. The van der Waals surface area contributed by atoms with Gasteiger partial charge < -0.3 is 5.73 Å². The maximum atomic E-state index is 5.39. The summed E-state index contributed by atoms with van der Waals surface area (Å²) in [6.07, 6.45) is 7.07. The number of thioether (sulfide) groups is 1. The Labute approximate surface area is 83.2 Å². The summed E-state index contributed by atoms with van der Waals surface area (Å²) in [5.74, 6) is 1.09. The fraction of sp³-hybridized carbons (Fsp3) is 0.556. The van der Waals surface area contributed by atoms with Crippen LogP contribution in [0.5, 0.6) is 0 Å². The van der Waals surface area contributed by atoms with Crippen molar-refractivity contribution in [1.82, 2.24) is 9.97 Å². The van der Waals surface area contributed by atoms with E-state index in [4.69, 9.17) is 5.73 Å². The maximum absolute atomic E-state index is 5.39. The number of nitrogens with zero attached hydrogens (tertiary/aromatic N) is 2. The molecule has 1 aromatic rings.